The van der Waals surface area contributed by atoms with Gasteiger partial charge in [0, 0.05) is 22.6 Å². The molecule has 0 atom stereocenters. The summed E-state index contributed by atoms with van der Waals surface area (Å²) in [5.41, 5.74) is -0.168. The predicted octanol–water partition coefficient (Wildman–Crippen LogP) is -0.419. The van der Waals surface area contributed by atoms with Crippen LogP contribution in [0.5, 0.6) is 0 Å². The quantitative estimate of drug-likeness (QED) is 0.523. The van der Waals surface area contributed by atoms with Gasteiger partial charge in [0.05, 0.1) is 0 Å². The molecule has 0 radical (unpaired) electrons. The van der Waals surface area contributed by atoms with Crippen molar-refractivity contribution >= 4 is 0 Å². The lowest BCUT2D eigenvalue weighted by Gasteiger charge is -2.01. The number of rotatable bonds is 4. The molecule has 15 heavy (non-hydrogen) atoms. The molecule has 2 N–H and O–H groups in total. The van der Waals surface area contributed by atoms with Crippen molar-refractivity contribution in [2.24, 2.45) is 0 Å². The van der Waals surface area contributed by atoms with Crippen LogP contribution in [0.4, 0.5) is 0 Å². The zero-order valence-corrected chi connectivity index (χ0v) is 8.20. The third-order valence-electron chi connectivity index (χ3n) is 2.02. The predicted molar refractivity (Wildman–Crippen MR) is 52.6 cm³/mol. The van der Waals surface area contributed by atoms with Gasteiger partial charge in [0.1, 0.15) is 0 Å². The summed E-state index contributed by atoms with van der Waals surface area (Å²) < 4.78 is 0. The van der Waals surface area contributed by atoms with Crippen molar-refractivity contribution in [2.75, 3.05) is 6.54 Å². The average Bonchev–Trinajstić information content (AvgIpc) is 2.08. The van der Waals surface area contributed by atoms with E-state index in [1.165, 1.54) is 0 Å². The summed E-state index contributed by atoms with van der Waals surface area (Å²) in [7, 11) is 0. The molecule has 7 nitrogen and oxygen atoms in total. The number of nitrogens with one attached hydrogen (secondary N) is 2. The van der Waals surface area contributed by atoms with E-state index in [-0.39, 0.29) is 13.0 Å². The molecule has 0 unspecified atom stereocenters. The van der Waals surface area contributed by atoms with Crippen LogP contribution < -0.4 is 11.2 Å². The first-order valence-electron chi connectivity index (χ1n) is 4.44. The molecular weight excluding hydrogens is 202 g/mol. The fourth-order valence-corrected chi connectivity index (χ4v) is 1.31. The Morgan fingerprint density at radius 2 is 2.00 bits per heavy atom. The minimum absolute atomic E-state index is 0.183. The van der Waals surface area contributed by atoms with Gasteiger partial charge in [-0.1, -0.05) is 0 Å². The Hall–Kier alpha value is -1.92. The number of aryl methyl sites for hydroxylation is 1. The first-order valence-corrected chi connectivity index (χ1v) is 4.44. The molecule has 0 aromatic carbocycles. The molecule has 1 aromatic rings. The fraction of sp³-hybridized carbons (Fsp3) is 0.500. The summed E-state index contributed by atoms with van der Waals surface area (Å²) in [4.78, 5) is 36.3. The van der Waals surface area contributed by atoms with Gasteiger partial charge in [0.15, 0.2) is 0 Å². The average molecular weight is 213 g/mol. The molecule has 0 amide bonds. The summed E-state index contributed by atoms with van der Waals surface area (Å²) in [5.74, 6) is 0. The fourth-order valence-electron chi connectivity index (χ4n) is 1.31. The minimum Gasteiger partial charge on any atom is -0.311 e. The monoisotopic (exact) mass is 213 g/mol. The van der Waals surface area contributed by atoms with Gasteiger partial charge in [-0.25, -0.2) is 4.79 Å². The molecule has 82 valence electrons. The number of nitro groups is 1. The van der Waals surface area contributed by atoms with Crippen LogP contribution in [0.15, 0.2) is 9.59 Å². The number of aromatic amines is 2. The molecule has 0 aliphatic rings. The first-order chi connectivity index (χ1) is 7.00. The van der Waals surface area contributed by atoms with Gasteiger partial charge in [-0.15, -0.1) is 0 Å². The molecule has 0 saturated carbocycles. The van der Waals surface area contributed by atoms with E-state index in [4.69, 9.17) is 0 Å². The second-order valence-corrected chi connectivity index (χ2v) is 3.17. The molecule has 7 heteroatoms. The van der Waals surface area contributed by atoms with Crippen molar-refractivity contribution in [3.05, 3.63) is 42.2 Å². The van der Waals surface area contributed by atoms with E-state index in [0.29, 0.717) is 17.7 Å². The van der Waals surface area contributed by atoms with Gasteiger partial charge in [-0.2, -0.15) is 0 Å². The van der Waals surface area contributed by atoms with Gasteiger partial charge in [-0.3, -0.25) is 19.9 Å². The third kappa shape index (κ3) is 3.04. The number of hydrogen-bond acceptors (Lipinski definition) is 4. The van der Waals surface area contributed by atoms with Crippen molar-refractivity contribution in [1.29, 1.82) is 0 Å². The largest absolute Gasteiger partial charge is 0.325 e. The highest BCUT2D eigenvalue weighted by atomic mass is 16.6. The normalized spacial score (nSPS) is 10.2. The summed E-state index contributed by atoms with van der Waals surface area (Å²) in [6.45, 7) is 1.41. The van der Waals surface area contributed by atoms with Crippen LogP contribution in [-0.4, -0.2) is 21.4 Å². The number of aromatic nitrogens is 2. The highest BCUT2D eigenvalue weighted by molar-refractivity contribution is 5.14. The van der Waals surface area contributed by atoms with Crippen molar-refractivity contribution in [3.8, 4) is 0 Å². The third-order valence-corrected chi connectivity index (χ3v) is 2.02. The molecule has 0 saturated heterocycles. The maximum atomic E-state index is 11.3. The van der Waals surface area contributed by atoms with Crippen LogP contribution in [-0.2, 0) is 6.42 Å². The van der Waals surface area contributed by atoms with Crippen molar-refractivity contribution < 1.29 is 4.92 Å². The van der Waals surface area contributed by atoms with Crippen molar-refractivity contribution in [1.82, 2.24) is 9.97 Å². The Morgan fingerprint density at radius 3 is 2.53 bits per heavy atom. The first kappa shape index (κ1) is 11.2. The number of nitrogens with zero attached hydrogens (tertiary/aromatic N) is 1. The van der Waals surface area contributed by atoms with Gasteiger partial charge >= 0.3 is 5.69 Å². The lowest BCUT2D eigenvalue weighted by Crippen LogP contribution is -2.27. The lowest BCUT2D eigenvalue weighted by molar-refractivity contribution is -0.480. The molecule has 0 aliphatic carbocycles. The Balaban J connectivity index is 2.82. The summed E-state index contributed by atoms with van der Waals surface area (Å²) in [6, 6.07) is 0. The van der Waals surface area contributed by atoms with Crippen LogP contribution in [0, 0.1) is 17.0 Å². The van der Waals surface area contributed by atoms with Gasteiger partial charge in [-0.05, 0) is 13.3 Å². The van der Waals surface area contributed by atoms with Crippen LogP contribution in [0.1, 0.15) is 17.7 Å². The standard InChI is InChI=1S/C8H11N3O4/c1-5-6(3-2-4-11(14)15)7(12)10-8(13)9-5/h2-4H2,1H3,(H2,9,10,12,13). The van der Waals surface area contributed by atoms with E-state index in [1.807, 2.05) is 0 Å². The molecule has 1 aromatic heterocycles. The Morgan fingerprint density at radius 1 is 1.33 bits per heavy atom. The maximum Gasteiger partial charge on any atom is 0.325 e. The van der Waals surface area contributed by atoms with Crippen LogP contribution in [0.3, 0.4) is 0 Å². The maximum absolute atomic E-state index is 11.3. The molecule has 0 spiro atoms. The Labute approximate surface area is 84.3 Å². The molecule has 1 rings (SSSR count). The van der Waals surface area contributed by atoms with Crippen molar-refractivity contribution in [2.45, 2.75) is 19.8 Å². The Kier molecular flexibility index (Phi) is 3.37. The highest BCUT2D eigenvalue weighted by Gasteiger charge is 2.07. The summed E-state index contributed by atoms with van der Waals surface area (Å²) in [5, 5.41) is 10.1. The van der Waals surface area contributed by atoms with Crippen molar-refractivity contribution in [3.63, 3.8) is 0 Å². The topological polar surface area (TPSA) is 109 Å². The Bertz CT molecular complexity index is 474. The molecule has 0 aliphatic heterocycles. The van der Waals surface area contributed by atoms with E-state index in [1.54, 1.807) is 6.92 Å². The molecular formula is C8H11N3O4. The van der Waals surface area contributed by atoms with Crippen LogP contribution in [0.2, 0.25) is 0 Å². The van der Waals surface area contributed by atoms with E-state index >= 15 is 0 Å². The molecule has 0 bridgehead atoms. The van der Waals surface area contributed by atoms with E-state index in [9.17, 15) is 19.7 Å². The highest BCUT2D eigenvalue weighted by Crippen LogP contribution is 1.99. The molecule has 0 fully saturated rings. The van der Waals surface area contributed by atoms with Crippen LogP contribution in [0.25, 0.3) is 0 Å². The summed E-state index contributed by atoms with van der Waals surface area (Å²) >= 11 is 0. The van der Waals surface area contributed by atoms with Gasteiger partial charge in [0.25, 0.3) is 5.56 Å². The zero-order valence-electron chi connectivity index (χ0n) is 8.20. The second kappa shape index (κ2) is 4.54. The van der Waals surface area contributed by atoms with Gasteiger partial charge in [0.2, 0.25) is 6.54 Å². The number of hydrogen-bond donors (Lipinski definition) is 2. The minimum atomic E-state index is -0.560. The number of H-pyrrole nitrogens is 2. The lowest BCUT2D eigenvalue weighted by atomic mass is 10.1. The van der Waals surface area contributed by atoms with Crippen LogP contribution >= 0.6 is 0 Å². The zero-order chi connectivity index (χ0) is 11.4. The van der Waals surface area contributed by atoms with E-state index < -0.39 is 16.2 Å². The molecule has 1 heterocycles. The van der Waals surface area contributed by atoms with E-state index in [2.05, 4.69) is 9.97 Å². The van der Waals surface area contributed by atoms with Gasteiger partial charge < -0.3 is 4.98 Å². The SMILES string of the molecule is Cc1[nH]c(=O)[nH]c(=O)c1CCC[N+](=O)[O-]. The second-order valence-electron chi connectivity index (χ2n) is 3.17. The summed E-state index contributed by atoms with van der Waals surface area (Å²) in [6.07, 6.45) is 0.571. The van der Waals surface area contributed by atoms with E-state index in [0.717, 1.165) is 0 Å². The smallest absolute Gasteiger partial charge is 0.311 e.